The van der Waals surface area contributed by atoms with Crippen LogP contribution in [-0.2, 0) is 0 Å². The van der Waals surface area contributed by atoms with Crippen LogP contribution >= 0.6 is 23.2 Å². The molecule has 2 rings (SSSR count). The van der Waals surface area contributed by atoms with Gasteiger partial charge in [-0.25, -0.2) is 0 Å². The second-order valence-corrected chi connectivity index (χ2v) is 4.99. The van der Waals surface area contributed by atoms with Gasteiger partial charge < -0.3 is 9.52 Å². The summed E-state index contributed by atoms with van der Waals surface area (Å²) in [6.45, 7) is 3.85. The molecule has 0 aliphatic rings. The first-order valence-corrected chi connectivity index (χ1v) is 5.81. The summed E-state index contributed by atoms with van der Waals surface area (Å²) in [5, 5.41) is 11.7. The molecule has 1 aromatic carbocycles. The molecule has 4 heteroatoms. The normalized spacial score (nSPS) is 13.6. The molecule has 86 valence electrons. The largest absolute Gasteiger partial charge is 0.457 e. The average Bonchev–Trinajstić information content (AvgIpc) is 2.60. The monoisotopic (exact) mass is 258 g/mol. The minimum Gasteiger partial charge on any atom is -0.457 e. The van der Waals surface area contributed by atoms with Crippen LogP contribution in [0.15, 0.2) is 22.6 Å². The molecular weight excluding hydrogens is 247 g/mol. The lowest BCUT2D eigenvalue weighted by molar-refractivity contribution is 0.104. The van der Waals surface area contributed by atoms with Gasteiger partial charge in [0.25, 0.3) is 0 Å². The molecule has 1 aromatic heterocycles. The van der Waals surface area contributed by atoms with Crippen LogP contribution in [0.25, 0.3) is 11.0 Å². The van der Waals surface area contributed by atoms with Crippen LogP contribution in [0.5, 0.6) is 0 Å². The van der Waals surface area contributed by atoms with Crippen molar-refractivity contribution < 1.29 is 9.52 Å². The molecule has 0 saturated heterocycles. The third-order valence-electron chi connectivity index (χ3n) is 2.48. The van der Waals surface area contributed by atoms with E-state index in [1.807, 2.05) is 13.8 Å². The first-order chi connectivity index (χ1) is 7.49. The Morgan fingerprint density at radius 3 is 2.50 bits per heavy atom. The maximum absolute atomic E-state index is 9.89. The van der Waals surface area contributed by atoms with Crippen LogP contribution in [0.2, 0.25) is 10.0 Å². The Hall–Kier alpha value is -0.700. The van der Waals surface area contributed by atoms with E-state index >= 15 is 0 Å². The van der Waals surface area contributed by atoms with Crippen molar-refractivity contribution in [2.45, 2.75) is 20.0 Å². The van der Waals surface area contributed by atoms with E-state index in [4.69, 9.17) is 27.6 Å². The first kappa shape index (κ1) is 11.8. The Balaban J connectivity index is 2.56. The van der Waals surface area contributed by atoms with E-state index in [0.29, 0.717) is 21.4 Å². The van der Waals surface area contributed by atoms with E-state index in [1.54, 1.807) is 18.2 Å². The molecule has 2 nitrogen and oxygen atoms in total. The predicted octanol–water partition coefficient (Wildman–Crippen LogP) is 4.43. The van der Waals surface area contributed by atoms with Crippen LogP contribution in [0.1, 0.15) is 25.7 Å². The molecule has 1 atom stereocenters. The Morgan fingerprint density at radius 1 is 1.19 bits per heavy atom. The maximum atomic E-state index is 9.89. The quantitative estimate of drug-likeness (QED) is 0.865. The van der Waals surface area contributed by atoms with Crippen LogP contribution in [0.4, 0.5) is 0 Å². The fourth-order valence-electron chi connectivity index (χ4n) is 1.57. The highest BCUT2D eigenvalue weighted by Gasteiger charge is 2.18. The number of fused-ring (bicyclic) bond motifs is 1. The van der Waals surface area contributed by atoms with Crippen LogP contribution in [-0.4, -0.2) is 5.11 Å². The highest BCUT2D eigenvalue weighted by molar-refractivity contribution is 6.38. The van der Waals surface area contributed by atoms with E-state index in [0.717, 1.165) is 5.39 Å². The number of hydrogen-bond acceptors (Lipinski definition) is 2. The fourth-order valence-corrected chi connectivity index (χ4v) is 2.12. The Morgan fingerprint density at radius 2 is 1.88 bits per heavy atom. The summed E-state index contributed by atoms with van der Waals surface area (Å²) >= 11 is 11.9. The molecule has 1 unspecified atom stereocenters. The van der Waals surface area contributed by atoms with Crippen molar-refractivity contribution in [3.63, 3.8) is 0 Å². The second-order valence-electron chi connectivity index (χ2n) is 4.14. The van der Waals surface area contributed by atoms with Gasteiger partial charge in [-0.3, -0.25) is 0 Å². The average molecular weight is 259 g/mol. The van der Waals surface area contributed by atoms with Crippen molar-refractivity contribution >= 4 is 34.2 Å². The summed E-state index contributed by atoms with van der Waals surface area (Å²) in [5.74, 6) is 0.615. The summed E-state index contributed by atoms with van der Waals surface area (Å²) in [5.41, 5.74) is 0.570. The van der Waals surface area contributed by atoms with Crippen molar-refractivity contribution in [1.29, 1.82) is 0 Å². The molecule has 0 bridgehead atoms. The molecular formula is C12H12Cl2O2. The Kier molecular flexibility index (Phi) is 3.15. The standard InChI is InChI=1S/C12H12Cl2O2/c1-6(2)11(15)10-4-7-3-8(13)5-9(14)12(7)16-10/h3-6,11,15H,1-2H3. The van der Waals surface area contributed by atoms with Crippen molar-refractivity contribution in [1.82, 2.24) is 0 Å². The molecule has 0 amide bonds. The minimum atomic E-state index is -0.623. The lowest BCUT2D eigenvalue weighted by Gasteiger charge is -2.10. The highest BCUT2D eigenvalue weighted by Crippen LogP contribution is 2.34. The van der Waals surface area contributed by atoms with Gasteiger partial charge in [-0.1, -0.05) is 37.0 Å². The van der Waals surface area contributed by atoms with Crippen LogP contribution in [0.3, 0.4) is 0 Å². The smallest absolute Gasteiger partial charge is 0.153 e. The fraction of sp³-hybridized carbons (Fsp3) is 0.333. The zero-order valence-electron chi connectivity index (χ0n) is 9.00. The first-order valence-electron chi connectivity index (χ1n) is 5.05. The molecule has 0 radical (unpaired) electrons. The van der Waals surface area contributed by atoms with Gasteiger partial charge in [-0.2, -0.15) is 0 Å². The van der Waals surface area contributed by atoms with Crippen LogP contribution in [0, 0.1) is 5.92 Å². The van der Waals surface area contributed by atoms with E-state index < -0.39 is 6.10 Å². The van der Waals surface area contributed by atoms with Crippen LogP contribution < -0.4 is 0 Å². The molecule has 16 heavy (non-hydrogen) atoms. The Bertz CT molecular complexity index is 517. The van der Waals surface area contributed by atoms with Crippen molar-refractivity contribution in [3.8, 4) is 0 Å². The van der Waals surface area contributed by atoms with Gasteiger partial charge in [0.2, 0.25) is 0 Å². The topological polar surface area (TPSA) is 33.4 Å². The molecule has 0 aliphatic heterocycles. The number of furan rings is 1. The Labute approximate surface area is 104 Å². The van der Waals surface area contributed by atoms with E-state index in [1.165, 1.54) is 0 Å². The van der Waals surface area contributed by atoms with Gasteiger partial charge in [0.05, 0.1) is 5.02 Å². The van der Waals surface area contributed by atoms with E-state index in [9.17, 15) is 5.11 Å². The lowest BCUT2D eigenvalue weighted by Crippen LogP contribution is -2.03. The summed E-state index contributed by atoms with van der Waals surface area (Å²) in [6.07, 6.45) is -0.623. The van der Waals surface area contributed by atoms with Crippen molar-refractivity contribution in [2.24, 2.45) is 5.92 Å². The molecule has 0 aliphatic carbocycles. The number of benzene rings is 1. The van der Waals surface area contributed by atoms with Gasteiger partial charge in [0, 0.05) is 10.4 Å². The summed E-state index contributed by atoms with van der Waals surface area (Å²) in [7, 11) is 0. The van der Waals surface area contributed by atoms with Gasteiger partial charge in [0.15, 0.2) is 5.58 Å². The van der Waals surface area contributed by atoms with Crippen molar-refractivity contribution in [3.05, 3.63) is 34.0 Å². The number of halogens is 2. The van der Waals surface area contributed by atoms with E-state index in [-0.39, 0.29) is 5.92 Å². The zero-order chi connectivity index (χ0) is 11.9. The molecule has 1 N–H and O–H groups in total. The minimum absolute atomic E-state index is 0.0924. The number of aliphatic hydroxyl groups is 1. The number of aliphatic hydroxyl groups excluding tert-OH is 1. The SMILES string of the molecule is CC(C)C(O)c1cc2cc(Cl)cc(Cl)c2o1. The second kappa shape index (κ2) is 4.28. The highest BCUT2D eigenvalue weighted by atomic mass is 35.5. The summed E-state index contributed by atoms with van der Waals surface area (Å²) < 4.78 is 5.54. The molecule has 1 heterocycles. The molecule has 0 saturated carbocycles. The number of rotatable bonds is 2. The molecule has 2 aromatic rings. The predicted molar refractivity (Wildman–Crippen MR) is 66.0 cm³/mol. The van der Waals surface area contributed by atoms with Gasteiger partial charge in [0.1, 0.15) is 11.9 Å². The summed E-state index contributed by atoms with van der Waals surface area (Å²) in [4.78, 5) is 0. The lowest BCUT2D eigenvalue weighted by atomic mass is 10.1. The van der Waals surface area contributed by atoms with E-state index in [2.05, 4.69) is 0 Å². The zero-order valence-corrected chi connectivity index (χ0v) is 10.5. The third-order valence-corrected chi connectivity index (χ3v) is 2.98. The van der Waals surface area contributed by atoms with Gasteiger partial charge in [-0.05, 0) is 24.1 Å². The van der Waals surface area contributed by atoms with Crippen molar-refractivity contribution in [2.75, 3.05) is 0 Å². The molecule has 0 spiro atoms. The molecule has 0 fully saturated rings. The summed E-state index contributed by atoms with van der Waals surface area (Å²) in [6, 6.07) is 5.17. The third kappa shape index (κ3) is 2.05. The van der Waals surface area contributed by atoms with Gasteiger partial charge >= 0.3 is 0 Å². The number of hydrogen-bond donors (Lipinski definition) is 1. The maximum Gasteiger partial charge on any atom is 0.153 e. The van der Waals surface area contributed by atoms with Gasteiger partial charge in [-0.15, -0.1) is 0 Å².